The molecule has 3 N–H and O–H groups in total. The predicted molar refractivity (Wildman–Crippen MR) is 135 cm³/mol. The second-order valence-corrected chi connectivity index (χ2v) is 10.1. The zero-order chi connectivity index (χ0) is 22.3. The SMILES string of the molecule is CN=C(NCCNc1ccc(S(C)(=O)=O)cc1[N+](=O)[O-])NC1CCC(C(C)C)CC1.I. The molecule has 0 aliphatic heterocycles. The Labute approximate surface area is 202 Å². The molecule has 176 valence electrons. The number of rotatable bonds is 8. The number of benzene rings is 1. The first kappa shape index (κ1) is 27.4. The zero-order valence-electron chi connectivity index (χ0n) is 18.6. The van der Waals surface area contributed by atoms with E-state index in [-0.39, 0.29) is 40.2 Å². The molecule has 1 saturated carbocycles. The average Bonchev–Trinajstić information content (AvgIpc) is 2.69. The molecule has 11 heteroatoms. The molecular formula is C20H34IN5O4S. The number of nitro benzene ring substituents is 1. The van der Waals surface area contributed by atoms with Crippen LogP contribution in [-0.2, 0) is 9.84 Å². The molecule has 9 nitrogen and oxygen atoms in total. The van der Waals surface area contributed by atoms with Crippen LogP contribution in [0.4, 0.5) is 11.4 Å². The molecule has 1 aliphatic rings. The summed E-state index contributed by atoms with van der Waals surface area (Å²) in [6.07, 6.45) is 5.72. The molecule has 2 rings (SSSR count). The summed E-state index contributed by atoms with van der Waals surface area (Å²) in [5, 5.41) is 21.0. The van der Waals surface area contributed by atoms with Crippen LogP contribution in [0.25, 0.3) is 0 Å². The quantitative estimate of drug-likeness (QED) is 0.110. The average molecular weight is 567 g/mol. The van der Waals surface area contributed by atoms with Crippen LogP contribution in [0, 0.1) is 22.0 Å². The summed E-state index contributed by atoms with van der Waals surface area (Å²) >= 11 is 0. The van der Waals surface area contributed by atoms with E-state index in [4.69, 9.17) is 0 Å². The molecule has 0 heterocycles. The molecule has 1 aliphatic carbocycles. The van der Waals surface area contributed by atoms with Crippen molar-refractivity contribution in [1.82, 2.24) is 10.6 Å². The van der Waals surface area contributed by atoms with Gasteiger partial charge in [-0.3, -0.25) is 15.1 Å². The van der Waals surface area contributed by atoms with Crippen LogP contribution in [-0.4, -0.2) is 51.7 Å². The number of aliphatic imine (C=N–C) groups is 1. The highest BCUT2D eigenvalue weighted by Gasteiger charge is 2.23. The van der Waals surface area contributed by atoms with E-state index in [0.717, 1.165) is 37.0 Å². The van der Waals surface area contributed by atoms with Crippen molar-refractivity contribution >= 4 is 51.1 Å². The topological polar surface area (TPSA) is 126 Å². The van der Waals surface area contributed by atoms with Gasteiger partial charge in [-0.2, -0.15) is 0 Å². The normalized spacial score (nSPS) is 19.5. The number of anilines is 1. The molecule has 1 aromatic carbocycles. The van der Waals surface area contributed by atoms with Crippen molar-refractivity contribution < 1.29 is 13.3 Å². The Hall–Kier alpha value is -1.63. The number of nitrogens with one attached hydrogen (secondary N) is 3. The Bertz CT molecular complexity index is 868. The van der Waals surface area contributed by atoms with Crippen LogP contribution in [0.3, 0.4) is 0 Å². The van der Waals surface area contributed by atoms with Crippen LogP contribution in [0.1, 0.15) is 39.5 Å². The van der Waals surface area contributed by atoms with E-state index >= 15 is 0 Å². The molecule has 1 fully saturated rings. The van der Waals surface area contributed by atoms with Gasteiger partial charge in [0.2, 0.25) is 0 Å². The zero-order valence-corrected chi connectivity index (χ0v) is 21.7. The fourth-order valence-corrected chi connectivity index (χ4v) is 4.38. The molecular weight excluding hydrogens is 533 g/mol. The molecule has 0 bridgehead atoms. The summed E-state index contributed by atoms with van der Waals surface area (Å²) in [5.41, 5.74) is 0.0199. The number of guanidine groups is 1. The van der Waals surface area contributed by atoms with Crippen molar-refractivity contribution in [2.45, 2.75) is 50.5 Å². The lowest BCUT2D eigenvalue weighted by Gasteiger charge is -2.32. The Morgan fingerprint density at radius 1 is 1.23 bits per heavy atom. The number of sulfone groups is 1. The minimum Gasteiger partial charge on any atom is -0.378 e. The van der Waals surface area contributed by atoms with Crippen LogP contribution < -0.4 is 16.0 Å². The molecule has 0 amide bonds. The highest BCUT2D eigenvalue weighted by Crippen LogP contribution is 2.30. The minimum absolute atomic E-state index is 0. The predicted octanol–water partition coefficient (Wildman–Crippen LogP) is 3.41. The maximum atomic E-state index is 11.6. The molecule has 0 saturated heterocycles. The lowest BCUT2D eigenvalue weighted by molar-refractivity contribution is -0.384. The van der Waals surface area contributed by atoms with E-state index in [9.17, 15) is 18.5 Å². The smallest absolute Gasteiger partial charge is 0.293 e. The van der Waals surface area contributed by atoms with E-state index in [1.165, 1.54) is 25.0 Å². The Balaban J connectivity index is 0.00000480. The lowest BCUT2D eigenvalue weighted by Crippen LogP contribution is -2.46. The summed E-state index contributed by atoms with van der Waals surface area (Å²) in [5.74, 6) is 2.24. The molecule has 0 spiro atoms. The fraction of sp³-hybridized carbons (Fsp3) is 0.650. The first-order valence-electron chi connectivity index (χ1n) is 10.3. The van der Waals surface area contributed by atoms with Crippen molar-refractivity contribution in [3.63, 3.8) is 0 Å². The van der Waals surface area contributed by atoms with Crippen molar-refractivity contribution in [3.8, 4) is 0 Å². The number of nitro groups is 1. The van der Waals surface area contributed by atoms with Gasteiger partial charge in [0.05, 0.1) is 9.82 Å². The summed E-state index contributed by atoms with van der Waals surface area (Å²) < 4.78 is 23.3. The maximum absolute atomic E-state index is 11.6. The van der Waals surface area contributed by atoms with Gasteiger partial charge in [-0.05, 0) is 49.7 Å². The first-order valence-corrected chi connectivity index (χ1v) is 12.2. The third-order valence-corrected chi connectivity index (χ3v) is 6.72. The van der Waals surface area contributed by atoms with Crippen LogP contribution in [0.2, 0.25) is 0 Å². The fourth-order valence-electron chi connectivity index (χ4n) is 3.74. The maximum Gasteiger partial charge on any atom is 0.293 e. The van der Waals surface area contributed by atoms with Crippen molar-refractivity contribution in [2.75, 3.05) is 31.7 Å². The highest BCUT2D eigenvalue weighted by molar-refractivity contribution is 14.0. The van der Waals surface area contributed by atoms with Gasteiger partial charge >= 0.3 is 0 Å². The van der Waals surface area contributed by atoms with Gasteiger partial charge in [-0.25, -0.2) is 8.42 Å². The second kappa shape index (κ2) is 12.4. The minimum atomic E-state index is -3.51. The van der Waals surface area contributed by atoms with Crippen LogP contribution in [0.15, 0.2) is 28.1 Å². The molecule has 0 aromatic heterocycles. The lowest BCUT2D eigenvalue weighted by atomic mass is 9.80. The number of halogens is 1. The summed E-state index contributed by atoms with van der Waals surface area (Å²) in [4.78, 5) is 14.9. The first-order chi connectivity index (χ1) is 14.1. The monoisotopic (exact) mass is 567 g/mol. The van der Waals surface area contributed by atoms with E-state index in [0.29, 0.717) is 25.1 Å². The summed E-state index contributed by atoms with van der Waals surface area (Å²) in [6, 6.07) is 4.28. The number of nitrogens with zero attached hydrogens (tertiary/aromatic N) is 2. The van der Waals surface area contributed by atoms with E-state index < -0.39 is 14.8 Å². The number of hydrogen-bond donors (Lipinski definition) is 3. The molecule has 31 heavy (non-hydrogen) atoms. The molecule has 1 aromatic rings. The van der Waals surface area contributed by atoms with Gasteiger partial charge < -0.3 is 16.0 Å². The summed E-state index contributed by atoms with van der Waals surface area (Å²) in [6.45, 7) is 5.49. The van der Waals surface area contributed by atoms with Gasteiger partial charge in [0, 0.05) is 38.5 Å². The van der Waals surface area contributed by atoms with Crippen LogP contribution in [0.5, 0.6) is 0 Å². The molecule has 0 unspecified atom stereocenters. The molecule has 0 radical (unpaired) electrons. The second-order valence-electron chi connectivity index (χ2n) is 8.13. The van der Waals surface area contributed by atoms with E-state index in [2.05, 4.69) is 34.8 Å². The standard InChI is InChI=1S/C20H33N5O4S.HI/c1-14(2)15-5-7-16(8-6-15)24-20(21-3)23-12-11-22-18-10-9-17(30(4,28)29)13-19(18)25(26)27;/h9-10,13-16,22H,5-8,11-12H2,1-4H3,(H2,21,23,24);1H. The van der Waals surface area contributed by atoms with Gasteiger partial charge in [0.1, 0.15) is 5.69 Å². The third-order valence-electron chi connectivity index (χ3n) is 5.61. The van der Waals surface area contributed by atoms with Crippen LogP contribution >= 0.6 is 24.0 Å². The Morgan fingerprint density at radius 2 is 1.87 bits per heavy atom. The van der Waals surface area contributed by atoms with Crippen molar-refractivity contribution in [2.24, 2.45) is 16.8 Å². The highest BCUT2D eigenvalue weighted by atomic mass is 127. The molecule has 0 atom stereocenters. The largest absolute Gasteiger partial charge is 0.378 e. The Morgan fingerprint density at radius 3 is 2.39 bits per heavy atom. The van der Waals surface area contributed by atoms with Gasteiger partial charge in [0.25, 0.3) is 5.69 Å². The van der Waals surface area contributed by atoms with Gasteiger partial charge in [0.15, 0.2) is 15.8 Å². The third kappa shape index (κ3) is 8.43. The van der Waals surface area contributed by atoms with Gasteiger partial charge in [-0.15, -0.1) is 24.0 Å². The van der Waals surface area contributed by atoms with E-state index in [1.54, 1.807) is 7.05 Å². The summed E-state index contributed by atoms with van der Waals surface area (Å²) in [7, 11) is -1.79. The van der Waals surface area contributed by atoms with Gasteiger partial charge in [-0.1, -0.05) is 13.8 Å². The Kier molecular flexibility index (Phi) is 11.0. The number of hydrogen-bond acceptors (Lipinski definition) is 6. The van der Waals surface area contributed by atoms with Crippen molar-refractivity contribution in [3.05, 3.63) is 28.3 Å². The van der Waals surface area contributed by atoms with E-state index in [1.807, 2.05) is 0 Å². The van der Waals surface area contributed by atoms with Crippen molar-refractivity contribution in [1.29, 1.82) is 0 Å².